The average molecular weight is 252 g/mol. The van der Waals surface area contributed by atoms with Crippen LogP contribution in [0.5, 0.6) is 0 Å². The standard InChI is InChI=1S/C14H24N2S/c1-12(15-10-5-11-17-4)13-6-8-14(9-7-13)16(2)3/h6-9,12,15H,5,10-11H2,1-4H3. The first-order valence-electron chi connectivity index (χ1n) is 6.14. The van der Waals surface area contributed by atoms with Crippen molar-refractivity contribution in [3.05, 3.63) is 29.8 Å². The molecule has 0 aliphatic rings. The summed E-state index contributed by atoms with van der Waals surface area (Å²) < 4.78 is 0. The average Bonchev–Trinajstić information content (AvgIpc) is 2.34. The molecule has 1 N–H and O–H groups in total. The molecule has 0 aliphatic heterocycles. The van der Waals surface area contributed by atoms with Crippen molar-refractivity contribution in [3.8, 4) is 0 Å². The predicted molar refractivity (Wildman–Crippen MR) is 80.2 cm³/mol. The van der Waals surface area contributed by atoms with Crippen LogP contribution in [-0.2, 0) is 0 Å². The van der Waals surface area contributed by atoms with Crippen LogP contribution in [-0.4, -0.2) is 32.6 Å². The number of hydrogen-bond donors (Lipinski definition) is 1. The molecule has 3 heteroatoms. The minimum Gasteiger partial charge on any atom is -0.378 e. The maximum absolute atomic E-state index is 3.56. The van der Waals surface area contributed by atoms with E-state index in [-0.39, 0.29) is 0 Å². The van der Waals surface area contributed by atoms with Crippen LogP contribution in [0.1, 0.15) is 24.9 Å². The van der Waals surface area contributed by atoms with Crippen molar-refractivity contribution in [1.29, 1.82) is 0 Å². The third-order valence-electron chi connectivity index (χ3n) is 2.89. The summed E-state index contributed by atoms with van der Waals surface area (Å²) in [5, 5.41) is 3.56. The molecule has 96 valence electrons. The number of nitrogens with zero attached hydrogens (tertiary/aromatic N) is 1. The molecule has 0 fully saturated rings. The van der Waals surface area contributed by atoms with E-state index in [4.69, 9.17) is 0 Å². The monoisotopic (exact) mass is 252 g/mol. The summed E-state index contributed by atoms with van der Waals surface area (Å²) in [6, 6.07) is 9.21. The molecule has 1 aromatic rings. The van der Waals surface area contributed by atoms with Gasteiger partial charge in [0.15, 0.2) is 0 Å². The maximum Gasteiger partial charge on any atom is 0.0361 e. The van der Waals surface area contributed by atoms with Crippen LogP contribution in [0.4, 0.5) is 5.69 Å². The van der Waals surface area contributed by atoms with Gasteiger partial charge in [-0.2, -0.15) is 11.8 Å². The predicted octanol–water partition coefficient (Wildman–Crippen LogP) is 3.16. The largest absolute Gasteiger partial charge is 0.378 e. The first kappa shape index (κ1) is 14.4. The van der Waals surface area contributed by atoms with Gasteiger partial charge in [-0.05, 0) is 49.6 Å². The SMILES string of the molecule is CSCCCNC(C)c1ccc(N(C)C)cc1. The second-order valence-electron chi connectivity index (χ2n) is 4.51. The summed E-state index contributed by atoms with van der Waals surface area (Å²) in [4.78, 5) is 2.13. The summed E-state index contributed by atoms with van der Waals surface area (Å²) in [6.07, 6.45) is 3.39. The molecule has 0 radical (unpaired) electrons. The highest BCUT2D eigenvalue weighted by molar-refractivity contribution is 7.98. The van der Waals surface area contributed by atoms with Crippen LogP contribution in [0.25, 0.3) is 0 Å². The molecule has 0 saturated carbocycles. The lowest BCUT2D eigenvalue weighted by atomic mass is 10.1. The Morgan fingerprint density at radius 1 is 1.24 bits per heavy atom. The molecule has 0 heterocycles. The van der Waals surface area contributed by atoms with Crippen molar-refractivity contribution in [3.63, 3.8) is 0 Å². The van der Waals surface area contributed by atoms with Crippen LogP contribution in [0.3, 0.4) is 0 Å². The van der Waals surface area contributed by atoms with E-state index in [0.717, 1.165) is 6.54 Å². The van der Waals surface area contributed by atoms with Crippen molar-refractivity contribution in [1.82, 2.24) is 5.32 Å². The highest BCUT2D eigenvalue weighted by Crippen LogP contribution is 2.17. The molecule has 17 heavy (non-hydrogen) atoms. The van der Waals surface area contributed by atoms with Gasteiger partial charge in [0, 0.05) is 25.8 Å². The van der Waals surface area contributed by atoms with Gasteiger partial charge < -0.3 is 10.2 Å². The fourth-order valence-corrected chi connectivity index (χ4v) is 2.15. The maximum atomic E-state index is 3.56. The Morgan fingerprint density at radius 2 is 1.88 bits per heavy atom. The van der Waals surface area contributed by atoms with Crippen molar-refractivity contribution in [2.75, 3.05) is 37.5 Å². The number of hydrogen-bond acceptors (Lipinski definition) is 3. The van der Waals surface area contributed by atoms with Gasteiger partial charge in [-0.3, -0.25) is 0 Å². The highest BCUT2D eigenvalue weighted by Gasteiger charge is 2.04. The van der Waals surface area contributed by atoms with E-state index in [1.807, 2.05) is 11.8 Å². The van der Waals surface area contributed by atoms with Crippen molar-refractivity contribution >= 4 is 17.4 Å². The highest BCUT2D eigenvalue weighted by atomic mass is 32.2. The Morgan fingerprint density at radius 3 is 2.41 bits per heavy atom. The van der Waals surface area contributed by atoms with E-state index in [9.17, 15) is 0 Å². The first-order chi connectivity index (χ1) is 8.15. The van der Waals surface area contributed by atoms with E-state index in [1.165, 1.54) is 23.4 Å². The van der Waals surface area contributed by atoms with Crippen LogP contribution < -0.4 is 10.2 Å². The van der Waals surface area contributed by atoms with Gasteiger partial charge in [-0.1, -0.05) is 12.1 Å². The Hall–Kier alpha value is -0.670. The van der Waals surface area contributed by atoms with E-state index in [1.54, 1.807) is 0 Å². The van der Waals surface area contributed by atoms with Crippen LogP contribution in [0.15, 0.2) is 24.3 Å². The molecule has 1 aromatic carbocycles. The second-order valence-corrected chi connectivity index (χ2v) is 5.49. The Labute approximate surface area is 110 Å². The van der Waals surface area contributed by atoms with Gasteiger partial charge in [0.1, 0.15) is 0 Å². The van der Waals surface area contributed by atoms with E-state index >= 15 is 0 Å². The zero-order chi connectivity index (χ0) is 12.7. The van der Waals surface area contributed by atoms with Gasteiger partial charge in [-0.25, -0.2) is 0 Å². The quantitative estimate of drug-likeness (QED) is 0.751. The molecular formula is C14H24N2S. The Balaban J connectivity index is 2.43. The van der Waals surface area contributed by atoms with Crippen LogP contribution in [0.2, 0.25) is 0 Å². The first-order valence-corrected chi connectivity index (χ1v) is 7.54. The molecule has 0 aliphatic carbocycles. The smallest absolute Gasteiger partial charge is 0.0361 e. The molecule has 1 rings (SSSR count). The number of nitrogens with one attached hydrogen (secondary N) is 1. The fourth-order valence-electron chi connectivity index (χ4n) is 1.71. The zero-order valence-electron chi connectivity index (χ0n) is 11.4. The summed E-state index contributed by atoms with van der Waals surface area (Å²) >= 11 is 1.91. The topological polar surface area (TPSA) is 15.3 Å². The molecule has 0 spiro atoms. The van der Waals surface area contributed by atoms with E-state index in [2.05, 4.69) is 61.8 Å². The fraction of sp³-hybridized carbons (Fsp3) is 0.571. The van der Waals surface area contributed by atoms with E-state index in [0.29, 0.717) is 6.04 Å². The minimum absolute atomic E-state index is 0.438. The molecular weight excluding hydrogens is 228 g/mol. The van der Waals surface area contributed by atoms with E-state index < -0.39 is 0 Å². The lowest BCUT2D eigenvalue weighted by Gasteiger charge is -2.17. The normalized spacial score (nSPS) is 12.5. The lowest BCUT2D eigenvalue weighted by Crippen LogP contribution is -2.20. The van der Waals surface area contributed by atoms with Gasteiger partial charge in [0.25, 0.3) is 0 Å². The molecule has 1 atom stereocenters. The van der Waals surface area contributed by atoms with Crippen molar-refractivity contribution in [2.24, 2.45) is 0 Å². The van der Waals surface area contributed by atoms with Crippen molar-refractivity contribution < 1.29 is 0 Å². The molecule has 0 saturated heterocycles. The van der Waals surface area contributed by atoms with Crippen LogP contribution >= 0.6 is 11.8 Å². The number of anilines is 1. The second kappa shape index (κ2) is 7.62. The van der Waals surface area contributed by atoms with Gasteiger partial charge in [0.05, 0.1) is 0 Å². The summed E-state index contributed by atoms with van der Waals surface area (Å²) in [5.41, 5.74) is 2.61. The minimum atomic E-state index is 0.438. The molecule has 2 nitrogen and oxygen atoms in total. The summed E-state index contributed by atoms with van der Waals surface area (Å²) in [6.45, 7) is 3.32. The third-order valence-corrected chi connectivity index (χ3v) is 3.58. The summed E-state index contributed by atoms with van der Waals surface area (Å²) in [7, 11) is 4.14. The number of thioether (sulfide) groups is 1. The van der Waals surface area contributed by atoms with Crippen LogP contribution in [0, 0.1) is 0 Å². The summed E-state index contributed by atoms with van der Waals surface area (Å²) in [5.74, 6) is 1.24. The third kappa shape index (κ3) is 5.00. The molecule has 1 unspecified atom stereocenters. The van der Waals surface area contributed by atoms with Gasteiger partial charge in [0.2, 0.25) is 0 Å². The lowest BCUT2D eigenvalue weighted by molar-refractivity contribution is 0.572. The number of rotatable bonds is 7. The molecule has 0 aromatic heterocycles. The Kier molecular flexibility index (Phi) is 6.45. The molecule has 0 bridgehead atoms. The van der Waals surface area contributed by atoms with Gasteiger partial charge in [-0.15, -0.1) is 0 Å². The molecule has 0 amide bonds. The zero-order valence-corrected chi connectivity index (χ0v) is 12.2. The van der Waals surface area contributed by atoms with Crippen molar-refractivity contribution in [2.45, 2.75) is 19.4 Å². The Bertz CT molecular complexity index is 309. The van der Waals surface area contributed by atoms with Gasteiger partial charge >= 0.3 is 0 Å². The number of benzene rings is 1.